The zero-order valence-electron chi connectivity index (χ0n) is 23.9. The van der Waals surface area contributed by atoms with Crippen LogP contribution in [0, 0.1) is 13.8 Å². The van der Waals surface area contributed by atoms with Crippen molar-refractivity contribution < 1.29 is 14.3 Å². The van der Waals surface area contributed by atoms with Crippen LogP contribution in [-0.2, 0) is 4.79 Å². The molecule has 2 aliphatic rings. The molecule has 0 unspecified atom stereocenters. The number of aromatic nitrogens is 2. The van der Waals surface area contributed by atoms with Crippen molar-refractivity contribution in [1.82, 2.24) is 19.8 Å². The average Bonchev–Trinajstić information content (AvgIpc) is 3.71. The first kappa shape index (κ1) is 27.0. The number of aryl methyl sites for hydroxylation is 1. The standard InChI is InChI=1S/C34H31N5O3S/c1-21-18-26(22(2)39(21)24-13-14-29-30(19-24)42-20-41-29)33-32(28-11-5-6-16-35-28)37-34(43)38(33)17-15-31(40)36-27-12-7-9-23-8-3-4-10-25(23)27/h3-14,16,18-19,32-33H,15,17,20H2,1-2H3,(H,36,40)(H,37,43)/t32-,33+/m0/s1. The third-order valence-electron chi connectivity index (χ3n) is 8.24. The zero-order valence-corrected chi connectivity index (χ0v) is 24.7. The topological polar surface area (TPSA) is 80.7 Å². The highest BCUT2D eigenvalue weighted by Gasteiger charge is 2.41. The van der Waals surface area contributed by atoms with Crippen LogP contribution in [0.25, 0.3) is 16.5 Å². The van der Waals surface area contributed by atoms with E-state index in [9.17, 15) is 4.79 Å². The number of amides is 1. The number of carbonyl (C=O) groups is 1. The van der Waals surface area contributed by atoms with Crippen LogP contribution in [0.5, 0.6) is 11.5 Å². The van der Waals surface area contributed by atoms with Gasteiger partial charge in [-0.05, 0) is 73.4 Å². The summed E-state index contributed by atoms with van der Waals surface area (Å²) in [6, 6.07) is 27.8. The lowest BCUT2D eigenvalue weighted by molar-refractivity contribution is -0.116. The van der Waals surface area contributed by atoms with E-state index in [2.05, 4.69) is 45.0 Å². The minimum Gasteiger partial charge on any atom is -0.454 e. The van der Waals surface area contributed by atoms with Gasteiger partial charge in [0, 0.05) is 53.4 Å². The molecule has 0 radical (unpaired) electrons. The third-order valence-corrected chi connectivity index (χ3v) is 8.60. The number of nitrogens with zero attached hydrogens (tertiary/aromatic N) is 3. The maximum atomic E-state index is 13.3. The van der Waals surface area contributed by atoms with Gasteiger partial charge in [-0.3, -0.25) is 9.78 Å². The summed E-state index contributed by atoms with van der Waals surface area (Å²) in [5.41, 5.74) is 5.98. The normalized spacial score (nSPS) is 17.3. The van der Waals surface area contributed by atoms with Crippen molar-refractivity contribution in [3.8, 4) is 17.2 Å². The van der Waals surface area contributed by atoms with Gasteiger partial charge < -0.3 is 29.6 Å². The molecule has 8 nitrogen and oxygen atoms in total. The Morgan fingerprint density at radius 3 is 2.67 bits per heavy atom. The lowest BCUT2D eigenvalue weighted by atomic mass is 9.96. The predicted molar refractivity (Wildman–Crippen MR) is 171 cm³/mol. The van der Waals surface area contributed by atoms with E-state index in [1.165, 1.54) is 0 Å². The van der Waals surface area contributed by atoms with E-state index in [-0.39, 0.29) is 31.2 Å². The molecule has 2 N–H and O–H groups in total. The van der Waals surface area contributed by atoms with Crippen LogP contribution in [0.2, 0.25) is 0 Å². The van der Waals surface area contributed by atoms with Gasteiger partial charge in [-0.25, -0.2) is 0 Å². The van der Waals surface area contributed by atoms with Crippen molar-refractivity contribution >= 4 is 39.7 Å². The van der Waals surface area contributed by atoms with Crippen molar-refractivity contribution in [3.63, 3.8) is 0 Å². The highest BCUT2D eigenvalue weighted by atomic mass is 32.1. The predicted octanol–water partition coefficient (Wildman–Crippen LogP) is 6.37. The van der Waals surface area contributed by atoms with Gasteiger partial charge in [0.05, 0.1) is 17.8 Å². The van der Waals surface area contributed by atoms with E-state index in [4.69, 9.17) is 21.7 Å². The van der Waals surface area contributed by atoms with Gasteiger partial charge in [-0.1, -0.05) is 42.5 Å². The second kappa shape index (κ2) is 11.1. The summed E-state index contributed by atoms with van der Waals surface area (Å²) < 4.78 is 13.4. The molecule has 0 aliphatic carbocycles. The molecule has 0 spiro atoms. The number of hydrogen-bond acceptors (Lipinski definition) is 5. The molecule has 4 heterocycles. The molecule has 2 aliphatic heterocycles. The first-order chi connectivity index (χ1) is 21.0. The Labute approximate surface area is 255 Å². The lowest BCUT2D eigenvalue weighted by Crippen LogP contribution is -2.33. The van der Waals surface area contributed by atoms with Gasteiger partial charge in [-0.2, -0.15) is 0 Å². The largest absolute Gasteiger partial charge is 0.454 e. The van der Waals surface area contributed by atoms with E-state index in [0.717, 1.165) is 56.3 Å². The fraction of sp³-hybridized carbons (Fsp3) is 0.206. The summed E-state index contributed by atoms with van der Waals surface area (Å²) in [5.74, 6) is 1.42. The minimum atomic E-state index is -0.180. The van der Waals surface area contributed by atoms with E-state index in [0.29, 0.717) is 11.7 Å². The molecule has 0 saturated carbocycles. The second-order valence-corrected chi connectivity index (χ2v) is 11.2. The van der Waals surface area contributed by atoms with Gasteiger partial charge in [-0.15, -0.1) is 0 Å². The summed E-state index contributed by atoms with van der Waals surface area (Å²) in [6.07, 6.45) is 2.07. The summed E-state index contributed by atoms with van der Waals surface area (Å²) >= 11 is 5.89. The Hall–Kier alpha value is -4.89. The number of nitrogens with one attached hydrogen (secondary N) is 2. The summed E-state index contributed by atoms with van der Waals surface area (Å²) in [5, 5.41) is 9.34. The number of carbonyl (C=O) groups excluding carboxylic acids is 1. The van der Waals surface area contributed by atoms with Gasteiger partial charge in [0.15, 0.2) is 16.6 Å². The SMILES string of the molecule is Cc1cc([C@@H]2[C@H](c3ccccn3)NC(=S)N2CCC(=O)Nc2cccc3ccccc23)c(C)n1-c1ccc2c(c1)OCO2. The Morgan fingerprint density at radius 1 is 1.00 bits per heavy atom. The monoisotopic (exact) mass is 589 g/mol. The Morgan fingerprint density at radius 2 is 1.81 bits per heavy atom. The number of anilines is 1. The van der Waals surface area contributed by atoms with Crippen LogP contribution in [0.15, 0.2) is 91.1 Å². The van der Waals surface area contributed by atoms with Crippen molar-refractivity contribution in [1.29, 1.82) is 0 Å². The molecule has 216 valence electrons. The molecule has 7 rings (SSSR count). The Bertz CT molecular complexity index is 1850. The molecule has 5 aromatic rings. The third kappa shape index (κ3) is 4.95. The highest BCUT2D eigenvalue weighted by molar-refractivity contribution is 7.80. The summed E-state index contributed by atoms with van der Waals surface area (Å²) in [7, 11) is 0. The fourth-order valence-corrected chi connectivity index (χ4v) is 6.59. The number of fused-ring (bicyclic) bond motifs is 2. The molecule has 2 atom stereocenters. The molecule has 1 saturated heterocycles. The molecular weight excluding hydrogens is 558 g/mol. The van der Waals surface area contributed by atoms with Crippen LogP contribution in [-0.4, -0.2) is 38.8 Å². The Balaban J connectivity index is 1.20. The first-order valence-electron chi connectivity index (χ1n) is 14.3. The van der Waals surface area contributed by atoms with Crippen molar-refractivity contribution in [2.45, 2.75) is 32.4 Å². The van der Waals surface area contributed by atoms with Crippen molar-refractivity contribution in [2.75, 3.05) is 18.7 Å². The van der Waals surface area contributed by atoms with Crippen LogP contribution >= 0.6 is 12.2 Å². The molecule has 3 aromatic carbocycles. The quantitative estimate of drug-likeness (QED) is 0.214. The van der Waals surface area contributed by atoms with E-state index in [1.54, 1.807) is 6.20 Å². The number of pyridine rings is 1. The molecule has 0 bridgehead atoms. The van der Waals surface area contributed by atoms with E-state index in [1.807, 2.05) is 78.9 Å². The first-order valence-corrected chi connectivity index (χ1v) is 14.7. The van der Waals surface area contributed by atoms with Crippen molar-refractivity contribution in [3.05, 3.63) is 114 Å². The van der Waals surface area contributed by atoms with E-state index < -0.39 is 0 Å². The maximum absolute atomic E-state index is 13.3. The fourth-order valence-electron chi connectivity index (χ4n) is 6.26. The van der Waals surface area contributed by atoms with Crippen LogP contribution in [0.3, 0.4) is 0 Å². The molecule has 43 heavy (non-hydrogen) atoms. The smallest absolute Gasteiger partial charge is 0.231 e. The van der Waals surface area contributed by atoms with Gasteiger partial charge >= 0.3 is 0 Å². The van der Waals surface area contributed by atoms with Crippen LogP contribution in [0.4, 0.5) is 5.69 Å². The highest BCUT2D eigenvalue weighted by Crippen LogP contribution is 2.42. The van der Waals surface area contributed by atoms with Gasteiger partial charge in [0.1, 0.15) is 0 Å². The summed E-state index contributed by atoms with van der Waals surface area (Å²) in [6.45, 7) is 4.90. The molecule has 1 fully saturated rings. The van der Waals surface area contributed by atoms with Crippen LogP contribution in [0.1, 0.15) is 41.1 Å². The van der Waals surface area contributed by atoms with Crippen molar-refractivity contribution in [2.24, 2.45) is 0 Å². The summed E-state index contributed by atoms with van der Waals surface area (Å²) in [4.78, 5) is 20.1. The Kier molecular flexibility index (Phi) is 6.95. The molecule has 1 amide bonds. The van der Waals surface area contributed by atoms with E-state index >= 15 is 0 Å². The molecular formula is C34H31N5O3S. The minimum absolute atomic E-state index is 0.0648. The number of ether oxygens (including phenoxy) is 2. The maximum Gasteiger partial charge on any atom is 0.231 e. The number of benzene rings is 3. The van der Waals surface area contributed by atoms with Gasteiger partial charge in [0.25, 0.3) is 0 Å². The lowest BCUT2D eigenvalue weighted by Gasteiger charge is -2.28. The number of thiocarbonyl (C=S) groups is 1. The van der Waals surface area contributed by atoms with Gasteiger partial charge in [0.2, 0.25) is 12.7 Å². The molecule has 2 aromatic heterocycles. The molecule has 9 heteroatoms. The van der Waals surface area contributed by atoms with Crippen LogP contribution < -0.4 is 20.1 Å². The number of hydrogen-bond donors (Lipinski definition) is 2. The number of rotatable bonds is 7. The zero-order chi connectivity index (χ0) is 29.5. The second-order valence-electron chi connectivity index (χ2n) is 10.8. The average molecular weight is 590 g/mol.